The van der Waals surface area contributed by atoms with Crippen molar-refractivity contribution in [3.63, 3.8) is 0 Å². The van der Waals surface area contributed by atoms with Crippen LogP contribution < -0.4 is 4.74 Å². The Hall–Kier alpha value is -1.07. The second-order valence-corrected chi connectivity index (χ2v) is 8.36. The van der Waals surface area contributed by atoms with Crippen molar-refractivity contribution in [3.05, 3.63) is 29.8 Å². The second kappa shape index (κ2) is 5.92. The SMILES string of the molecule is CC(O)c1ccccc1OCCS(=O)(=O)C(C)(C)C. The van der Waals surface area contributed by atoms with Crippen molar-refractivity contribution >= 4 is 9.84 Å². The number of benzene rings is 1. The molecule has 0 heterocycles. The van der Waals surface area contributed by atoms with Crippen LogP contribution >= 0.6 is 0 Å². The molecule has 0 amide bonds. The minimum atomic E-state index is -3.19. The van der Waals surface area contributed by atoms with E-state index < -0.39 is 20.7 Å². The van der Waals surface area contributed by atoms with Crippen LogP contribution in [0.25, 0.3) is 0 Å². The zero-order chi connectivity index (χ0) is 14.7. The maximum atomic E-state index is 11.9. The van der Waals surface area contributed by atoms with Crippen molar-refractivity contribution < 1.29 is 18.3 Å². The fraction of sp³-hybridized carbons (Fsp3) is 0.571. The molecule has 1 N–H and O–H groups in total. The first-order valence-corrected chi connectivity index (χ1v) is 7.92. The van der Waals surface area contributed by atoms with Gasteiger partial charge in [-0.1, -0.05) is 18.2 Å². The summed E-state index contributed by atoms with van der Waals surface area (Å²) in [6.07, 6.45) is -0.643. The Kier molecular flexibility index (Phi) is 4.98. The van der Waals surface area contributed by atoms with E-state index in [1.165, 1.54) is 0 Å². The number of hydrogen-bond acceptors (Lipinski definition) is 4. The lowest BCUT2D eigenvalue weighted by molar-refractivity contribution is 0.192. The Morgan fingerprint density at radius 2 is 1.84 bits per heavy atom. The smallest absolute Gasteiger partial charge is 0.158 e. The third-order valence-corrected chi connectivity index (χ3v) is 5.48. The predicted octanol–water partition coefficient (Wildman–Crippen LogP) is 2.33. The summed E-state index contributed by atoms with van der Waals surface area (Å²) in [6.45, 7) is 6.75. The van der Waals surface area contributed by atoms with Crippen molar-refractivity contribution in [1.82, 2.24) is 0 Å². The number of sulfone groups is 1. The summed E-state index contributed by atoms with van der Waals surface area (Å²) in [5.74, 6) is 0.492. The summed E-state index contributed by atoms with van der Waals surface area (Å²) in [5.41, 5.74) is 0.663. The standard InChI is InChI=1S/C14H22O4S/c1-11(15)12-7-5-6-8-13(12)18-9-10-19(16,17)14(2,3)4/h5-8,11,15H,9-10H2,1-4H3. The Balaban J connectivity index is 2.70. The summed E-state index contributed by atoms with van der Waals surface area (Å²) in [4.78, 5) is 0. The maximum Gasteiger partial charge on any atom is 0.158 e. The molecule has 0 radical (unpaired) electrons. The van der Waals surface area contributed by atoms with Crippen molar-refractivity contribution in [1.29, 1.82) is 0 Å². The van der Waals surface area contributed by atoms with Crippen LogP contribution in [0.3, 0.4) is 0 Å². The first-order chi connectivity index (χ1) is 8.65. The van der Waals surface area contributed by atoms with Gasteiger partial charge in [-0.05, 0) is 33.8 Å². The molecular weight excluding hydrogens is 264 g/mol. The Bertz CT molecular complexity index is 512. The van der Waals surface area contributed by atoms with E-state index in [0.29, 0.717) is 11.3 Å². The summed E-state index contributed by atoms with van der Waals surface area (Å²) in [7, 11) is -3.19. The summed E-state index contributed by atoms with van der Waals surface area (Å²) >= 11 is 0. The fourth-order valence-corrected chi connectivity index (χ4v) is 2.44. The van der Waals surface area contributed by atoms with E-state index in [1.54, 1.807) is 52.0 Å². The zero-order valence-electron chi connectivity index (χ0n) is 11.9. The molecule has 0 aliphatic carbocycles. The van der Waals surface area contributed by atoms with Gasteiger partial charge in [0.25, 0.3) is 0 Å². The minimum Gasteiger partial charge on any atom is -0.492 e. The van der Waals surface area contributed by atoms with E-state index in [0.717, 1.165) is 0 Å². The third-order valence-electron chi connectivity index (χ3n) is 2.91. The molecule has 0 spiro atoms. The van der Waals surface area contributed by atoms with E-state index in [1.807, 2.05) is 0 Å². The zero-order valence-corrected chi connectivity index (χ0v) is 12.7. The van der Waals surface area contributed by atoms with E-state index in [4.69, 9.17) is 4.74 Å². The molecule has 0 aliphatic heterocycles. The molecule has 1 aromatic carbocycles. The van der Waals surface area contributed by atoms with Gasteiger partial charge in [0.05, 0.1) is 16.6 Å². The molecule has 0 saturated heterocycles. The normalized spacial score (nSPS) is 14.2. The van der Waals surface area contributed by atoms with E-state index in [2.05, 4.69) is 0 Å². The molecule has 1 rings (SSSR count). The molecule has 0 bridgehead atoms. The van der Waals surface area contributed by atoms with Crippen LogP contribution in [0.2, 0.25) is 0 Å². The van der Waals surface area contributed by atoms with E-state index >= 15 is 0 Å². The highest BCUT2D eigenvalue weighted by molar-refractivity contribution is 7.92. The van der Waals surface area contributed by atoms with Gasteiger partial charge in [-0.25, -0.2) is 8.42 Å². The van der Waals surface area contributed by atoms with Crippen LogP contribution in [0.5, 0.6) is 5.75 Å². The lowest BCUT2D eigenvalue weighted by atomic mass is 10.1. The van der Waals surface area contributed by atoms with Crippen LogP contribution in [-0.4, -0.2) is 30.6 Å². The van der Waals surface area contributed by atoms with Crippen LogP contribution in [-0.2, 0) is 9.84 Å². The number of rotatable bonds is 5. The first-order valence-electron chi connectivity index (χ1n) is 6.27. The number of aliphatic hydroxyl groups excluding tert-OH is 1. The minimum absolute atomic E-state index is 0.0371. The maximum absolute atomic E-state index is 11.9. The van der Waals surface area contributed by atoms with Crippen molar-refractivity contribution in [3.8, 4) is 5.75 Å². The number of para-hydroxylation sites is 1. The number of ether oxygens (including phenoxy) is 1. The third kappa shape index (κ3) is 4.21. The van der Waals surface area contributed by atoms with Crippen molar-refractivity contribution in [2.24, 2.45) is 0 Å². The highest BCUT2D eigenvalue weighted by Gasteiger charge is 2.28. The van der Waals surface area contributed by atoms with E-state index in [-0.39, 0.29) is 12.4 Å². The molecule has 4 nitrogen and oxygen atoms in total. The lowest BCUT2D eigenvalue weighted by Crippen LogP contribution is -2.32. The van der Waals surface area contributed by atoms with Gasteiger partial charge in [-0.15, -0.1) is 0 Å². The molecular formula is C14H22O4S. The highest BCUT2D eigenvalue weighted by Crippen LogP contribution is 2.24. The summed E-state index contributed by atoms with van der Waals surface area (Å²) < 4.78 is 28.6. The largest absolute Gasteiger partial charge is 0.492 e. The lowest BCUT2D eigenvalue weighted by Gasteiger charge is -2.19. The molecule has 0 aliphatic rings. The Morgan fingerprint density at radius 1 is 1.26 bits per heavy atom. The van der Waals surface area contributed by atoms with Gasteiger partial charge >= 0.3 is 0 Å². The molecule has 1 aromatic rings. The van der Waals surface area contributed by atoms with Crippen LogP contribution in [0.4, 0.5) is 0 Å². The van der Waals surface area contributed by atoms with Crippen LogP contribution in [0.15, 0.2) is 24.3 Å². The molecule has 0 fully saturated rings. The molecule has 19 heavy (non-hydrogen) atoms. The van der Waals surface area contributed by atoms with Gasteiger partial charge in [0, 0.05) is 5.56 Å². The van der Waals surface area contributed by atoms with Crippen LogP contribution in [0, 0.1) is 0 Å². The predicted molar refractivity (Wildman–Crippen MR) is 76.1 cm³/mol. The van der Waals surface area contributed by atoms with Gasteiger partial charge < -0.3 is 9.84 Å². The van der Waals surface area contributed by atoms with Gasteiger partial charge in [0.2, 0.25) is 0 Å². The number of hydrogen-bond donors (Lipinski definition) is 1. The summed E-state index contributed by atoms with van der Waals surface area (Å²) in [6, 6.07) is 7.09. The molecule has 1 atom stereocenters. The Labute approximate surface area is 115 Å². The number of aliphatic hydroxyl groups is 1. The van der Waals surface area contributed by atoms with Crippen LogP contribution in [0.1, 0.15) is 39.4 Å². The molecule has 5 heteroatoms. The average molecular weight is 286 g/mol. The van der Waals surface area contributed by atoms with Crippen molar-refractivity contribution in [2.75, 3.05) is 12.4 Å². The second-order valence-electron chi connectivity index (χ2n) is 5.49. The van der Waals surface area contributed by atoms with Gasteiger partial charge in [-0.2, -0.15) is 0 Å². The average Bonchev–Trinajstić information content (AvgIpc) is 2.27. The van der Waals surface area contributed by atoms with Gasteiger partial charge in [-0.3, -0.25) is 0 Å². The molecule has 0 saturated carbocycles. The first kappa shape index (κ1) is 16.0. The molecule has 0 aromatic heterocycles. The Morgan fingerprint density at radius 3 is 2.37 bits per heavy atom. The molecule has 1 unspecified atom stereocenters. The fourth-order valence-electron chi connectivity index (χ4n) is 1.52. The topological polar surface area (TPSA) is 63.6 Å². The molecule has 108 valence electrons. The van der Waals surface area contributed by atoms with E-state index in [9.17, 15) is 13.5 Å². The summed E-state index contributed by atoms with van der Waals surface area (Å²) in [5, 5.41) is 9.59. The van der Waals surface area contributed by atoms with Crippen molar-refractivity contribution in [2.45, 2.75) is 38.5 Å². The monoisotopic (exact) mass is 286 g/mol. The van der Waals surface area contributed by atoms with Gasteiger partial charge in [0.1, 0.15) is 12.4 Å². The quantitative estimate of drug-likeness (QED) is 0.902. The van der Waals surface area contributed by atoms with Gasteiger partial charge in [0.15, 0.2) is 9.84 Å². The highest BCUT2D eigenvalue weighted by atomic mass is 32.2.